The molecule has 0 bridgehead atoms. The Bertz CT molecular complexity index is 186. The fraction of sp³-hybridized carbons (Fsp3) is 0.286. The molecule has 0 N–H and O–H groups in total. The summed E-state index contributed by atoms with van der Waals surface area (Å²) in [5.41, 5.74) is 2.55. The highest BCUT2D eigenvalue weighted by Crippen LogP contribution is 2.35. The molecule has 0 saturated heterocycles. The van der Waals surface area contributed by atoms with E-state index in [-0.39, 0.29) is 5.78 Å². The lowest BCUT2D eigenvalue weighted by atomic mass is 9.89. The Hall–Kier alpha value is -0.850. The van der Waals surface area contributed by atoms with Crippen molar-refractivity contribution >= 4 is 5.78 Å². The molecule has 1 saturated carbocycles. The lowest BCUT2D eigenvalue weighted by Crippen LogP contribution is -1.97. The van der Waals surface area contributed by atoms with Crippen LogP contribution in [0.4, 0.5) is 0 Å². The third kappa shape index (κ3) is 0.340. The molecule has 0 radical (unpaired) electrons. The highest BCUT2D eigenvalue weighted by Gasteiger charge is 2.22. The van der Waals surface area contributed by atoms with Crippen LogP contribution in [0.1, 0.15) is 12.8 Å². The van der Waals surface area contributed by atoms with Crippen LogP contribution in [-0.2, 0) is 4.79 Å². The average Bonchev–Trinajstić information content (AvgIpc) is 1.91. The molecule has 8 heavy (non-hydrogen) atoms. The van der Waals surface area contributed by atoms with E-state index in [9.17, 15) is 4.79 Å². The standard InChI is InChI=1S/C7H6O/c8-7-3-5-1-2-6(5)4-7/h3-4H,1-2H2. The second kappa shape index (κ2) is 1.10. The van der Waals surface area contributed by atoms with Crippen LogP contribution in [0, 0.1) is 0 Å². The molecule has 2 rings (SSSR count). The lowest BCUT2D eigenvalue weighted by molar-refractivity contribution is -0.110. The van der Waals surface area contributed by atoms with Gasteiger partial charge in [-0.15, -0.1) is 0 Å². The van der Waals surface area contributed by atoms with Crippen molar-refractivity contribution in [3.05, 3.63) is 23.3 Å². The van der Waals surface area contributed by atoms with E-state index in [1.54, 1.807) is 12.2 Å². The fourth-order valence-corrected chi connectivity index (χ4v) is 1.13. The van der Waals surface area contributed by atoms with E-state index < -0.39 is 0 Å². The minimum absolute atomic E-state index is 0.188. The lowest BCUT2D eigenvalue weighted by Gasteiger charge is -2.16. The number of fused-ring (bicyclic) bond motifs is 1. The van der Waals surface area contributed by atoms with Crippen LogP contribution in [0.2, 0.25) is 0 Å². The van der Waals surface area contributed by atoms with Gasteiger partial charge in [0, 0.05) is 0 Å². The maximum Gasteiger partial charge on any atom is 0.179 e. The van der Waals surface area contributed by atoms with Crippen molar-refractivity contribution in [1.82, 2.24) is 0 Å². The Morgan fingerprint density at radius 3 is 1.88 bits per heavy atom. The minimum atomic E-state index is 0.188. The number of rotatable bonds is 0. The van der Waals surface area contributed by atoms with Gasteiger partial charge in [0.2, 0.25) is 0 Å². The van der Waals surface area contributed by atoms with E-state index in [2.05, 4.69) is 0 Å². The first-order valence-corrected chi connectivity index (χ1v) is 2.82. The monoisotopic (exact) mass is 106 g/mol. The number of carbonyl (C=O) groups is 1. The van der Waals surface area contributed by atoms with E-state index in [1.807, 2.05) is 0 Å². The predicted octanol–water partition coefficient (Wildman–Crippen LogP) is 1.22. The van der Waals surface area contributed by atoms with Crippen molar-refractivity contribution in [3.8, 4) is 0 Å². The van der Waals surface area contributed by atoms with Gasteiger partial charge >= 0.3 is 0 Å². The van der Waals surface area contributed by atoms with Crippen LogP contribution < -0.4 is 0 Å². The number of allylic oxidation sites excluding steroid dienone is 4. The molecule has 40 valence electrons. The Kier molecular flexibility index (Phi) is 0.562. The van der Waals surface area contributed by atoms with Gasteiger partial charge in [-0.2, -0.15) is 0 Å². The summed E-state index contributed by atoms with van der Waals surface area (Å²) in [6.45, 7) is 0. The summed E-state index contributed by atoms with van der Waals surface area (Å²) in [4.78, 5) is 10.6. The number of hydrogen-bond acceptors (Lipinski definition) is 1. The molecule has 0 amide bonds. The van der Waals surface area contributed by atoms with Crippen LogP contribution in [0.15, 0.2) is 23.3 Å². The van der Waals surface area contributed by atoms with E-state index in [0.29, 0.717) is 0 Å². The van der Waals surface area contributed by atoms with Gasteiger partial charge in [-0.25, -0.2) is 0 Å². The molecule has 0 aromatic carbocycles. The Morgan fingerprint density at radius 1 is 1.12 bits per heavy atom. The molecule has 0 aromatic heterocycles. The molecule has 0 heterocycles. The Balaban J connectivity index is 2.49. The Morgan fingerprint density at radius 2 is 1.62 bits per heavy atom. The first-order valence-electron chi connectivity index (χ1n) is 2.82. The van der Waals surface area contributed by atoms with Crippen molar-refractivity contribution < 1.29 is 4.79 Å². The van der Waals surface area contributed by atoms with Gasteiger partial charge in [0.15, 0.2) is 5.78 Å². The van der Waals surface area contributed by atoms with Gasteiger partial charge in [0.05, 0.1) is 0 Å². The van der Waals surface area contributed by atoms with Crippen LogP contribution in [0.5, 0.6) is 0 Å². The molecule has 0 atom stereocenters. The van der Waals surface area contributed by atoms with Crippen molar-refractivity contribution in [1.29, 1.82) is 0 Å². The van der Waals surface area contributed by atoms with Crippen molar-refractivity contribution in [3.63, 3.8) is 0 Å². The van der Waals surface area contributed by atoms with Crippen LogP contribution in [-0.4, -0.2) is 5.78 Å². The van der Waals surface area contributed by atoms with Crippen LogP contribution in [0.3, 0.4) is 0 Å². The first-order chi connectivity index (χ1) is 3.86. The zero-order valence-electron chi connectivity index (χ0n) is 4.48. The first kappa shape index (κ1) is 4.07. The minimum Gasteiger partial charge on any atom is -0.290 e. The normalized spacial score (nSPS) is 23.8. The molecule has 0 spiro atoms. The molecule has 2 aliphatic rings. The summed E-state index contributed by atoms with van der Waals surface area (Å²) in [6.07, 6.45) is 5.72. The van der Waals surface area contributed by atoms with Gasteiger partial charge in [0.1, 0.15) is 0 Å². The summed E-state index contributed by atoms with van der Waals surface area (Å²) >= 11 is 0. The fourth-order valence-electron chi connectivity index (χ4n) is 1.13. The topological polar surface area (TPSA) is 17.1 Å². The average molecular weight is 106 g/mol. The summed E-state index contributed by atoms with van der Waals surface area (Å²) in [5, 5.41) is 0. The van der Waals surface area contributed by atoms with Crippen molar-refractivity contribution in [2.75, 3.05) is 0 Å². The number of ketones is 1. The summed E-state index contributed by atoms with van der Waals surface area (Å²) in [6, 6.07) is 0. The summed E-state index contributed by atoms with van der Waals surface area (Å²) < 4.78 is 0. The van der Waals surface area contributed by atoms with E-state index in [4.69, 9.17) is 0 Å². The molecule has 0 unspecified atom stereocenters. The molecular formula is C7H6O. The largest absolute Gasteiger partial charge is 0.290 e. The zero-order valence-corrected chi connectivity index (χ0v) is 4.48. The van der Waals surface area contributed by atoms with Gasteiger partial charge < -0.3 is 0 Å². The maximum absolute atomic E-state index is 10.6. The van der Waals surface area contributed by atoms with Gasteiger partial charge in [0.25, 0.3) is 0 Å². The van der Waals surface area contributed by atoms with Crippen LogP contribution >= 0.6 is 0 Å². The number of hydrogen-bond donors (Lipinski definition) is 0. The van der Waals surface area contributed by atoms with Crippen LogP contribution in [0.25, 0.3) is 0 Å². The second-order valence-electron chi connectivity index (χ2n) is 2.24. The highest BCUT2D eigenvalue weighted by atomic mass is 16.1. The van der Waals surface area contributed by atoms with E-state index in [1.165, 1.54) is 11.1 Å². The molecule has 1 nitrogen and oxygen atoms in total. The Labute approximate surface area is 47.7 Å². The predicted molar refractivity (Wildman–Crippen MR) is 30.4 cm³/mol. The van der Waals surface area contributed by atoms with Gasteiger partial charge in [-0.3, -0.25) is 4.79 Å². The molecule has 1 heteroatoms. The van der Waals surface area contributed by atoms with E-state index >= 15 is 0 Å². The summed E-state index contributed by atoms with van der Waals surface area (Å²) in [5.74, 6) is 0.188. The molecule has 1 fully saturated rings. The zero-order chi connectivity index (χ0) is 5.56. The molecule has 0 aromatic rings. The SMILES string of the molecule is O=C1C=C2CCC2=C1. The molecule has 2 aliphatic carbocycles. The van der Waals surface area contributed by atoms with Gasteiger partial charge in [-0.05, 0) is 36.1 Å². The molecular weight excluding hydrogens is 100 g/mol. The number of carbonyl (C=O) groups excluding carboxylic acids is 1. The smallest absolute Gasteiger partial charge is 0.179 e. The van der Waals surface area contributed by atoms with Crippen molar-refractivity contribution in [2.24, 2.45) is 0 Å². The van der Waals surface area contributed by atoms with Gasteiger partial charge in [-0.1, -0.05) is 0 Å². The third-order valence-electron chi connectivity index (χ3n) is 1.71. The highest BCUT2D eigenvalue weighted by molar-refractivity contribution is 6.05. The van der Waals surface area contributed by atoms with Crippen molar-refractivity contribution in [2.45, 2.75) is 12.8 Å². The maximum atomic E-state index is 10.6. The quantitative estimate of drug-likeness (QED) is 0.453. The molecule has 0 aliphatic heterocycles. The summed E-state index contributed by atoms with van der Waals surface area (Å²) in [7, 11) is 0. The second-order valence-corrected chi connectivity index (χ2v) is 2.24. The third-order valence-corrected chi connectivity index (χ3v) is 1.71. The van der Waals surface area contributed by atoms with E-state index in [0.717, 1.165) is 12.8 Å².